The lowest BCUT2D eigenvalue weighted by Crippen LogP contribution is -2.31. The van der Waals surface area contributed by atoms with E-state index in [1.54, 1.807) is 19.9 Å². The predicted molar refractivity (Wildman–Crippen MR) is 60.7 cm³/mol. The molecule has 0 heterocycles. The van der Waals surface area contributed by atoms with Crippen LogP contribution in [0.5, 0.6) is 0 Å². The molecule has 0 aliphatic rings. The smallest absolute Gasteiger partial charge is 0.144 e. The number of carbonyl (C=O) groups excluding carboxylic acids is 1. The van der Waals surface area contributed by atoms with Gasteiger partial charge in [0.25, 0.3) is 0 Å². The minimum absolute atomic E-state index is 0.0496. The molecule has 0 aliphatic heterocycles. The molecule has 0 spiro atoms. The molecule has 88 valence electrons. The second-order valence-corrected chi connectivity index (χ2v) is 4.87. The van der Waals surface area contributed by atoms with Crippen molar-refractivity contribution in [1.29, 1.82) is 0 Å². The Morgan fingerprint density at radius 3 is 2.33 bits per heavy atom. The Bertz CT molecular complexity index is 229. The summed E-state index contributed by atoms with van der Waals surface area (Å²) in [5, 5.41) is 8.94. The minimum Gasteiger partial charge on any atom is -0.393 e. The molecule has 0 bridgehead atoms. The van der Waals surface area contributed by atoms with E-state index in [2.05, 4.69) is 6.58 Å². The number of ketones is 1. The molecule has 0 saturated heterocycles. The summed E-state index contributed by atoms with van der Waals surface area (Å²) < 4.78 is 5.38. The summed E-state index contributed by atoms with van der Waals surface area (Å²) >= 11 is 0. The summed E-state index contributed by atoms with van der Waals surface area (Å²) in [5.74, 6) is 0.103. The summed E-state index contributed by atoms with van der Waals surface area (Å²) in [6, 6.07) is 0. The molecule has 0 radical (unpaired) electrons. The Morgan fingerprint density at radius 2 is 1.93 bits per heavy atom. The van der Waals surface area contributed by atoms with Crippen LogP contribution in [0.15, 0.2) is 12.7 Å². The molecule has 0 aromatic rings. The Labute approximate surface area is 92.1 Å². The van der Waals surface area contributed by atoms with Gasteiger partial charge < -0.3 is 9.84 Å². The summed E-state index contributed by atoms with van der Waals surface area (Å²) in [6.45, 7) is 11.2. The van der Waals surface area contributed by atoms with Crippen LogP contribution in [0, 0.1) is 5.41 Å². The zero-order valence-electron chi connectivity index (χ0n) is 10.2. The molecular formula is C12H22O3. The molecule has 0 rings (SSSR count). The van der Waals surface area contributed by atoms with Crippen molar-refractivity contribution in [2.24, 2.45) is 5.41 Å². The Hall–Kier alpha value is -0.670. The third-order valence-corrected chi connectivity index (χ3v) is 2.43. The molecule has 0 unspecified atom stereocenters. The van der Waals surface area contributed by atoms with Crippen LogP contribution < -0.4 is 0 Å². The van der Waals surface area contributed by atoms with Crippen LogP contribution in [0.3, 0.4) is 0 Å². The van der Waals surface area contributed by atoms with Crippen molar-refractivity contribution in [3.05, 3.63) is 12.7 Å². The molecule has 0 aliphatic carbocycles. The quantitative estimate of drug-likeness (QED) is 0.659. The van der Waals surface area contributed by atoms with Gasteiger partial charge >= 0.3 is 0 Å². The van der Waals surface area contributed by atoms with Gasteiger partial charge in [0.2, 0.25) is 0 Å². The summed E-state index contributed by atoms with van der Waals surface area (Å²) in [5.41, 5.74) is -1.06. The summed E-state index contributed by atoms with van der Waals surface area (Å²) in [4.78, 5) is 11.7. The second kappa shape index (κ2) is 5.42. The Balaban J connectivity index is 3.98. The standard InChI is InChI=1S/C12H22O3/c1-6-11(2,3)10(14)7-8-15-12(4,5)9-13/h6,13H,1,7-9H2,2-5H3. The monoisotopic (exact) mass is 214 g/mol. The topological polar surface area (TPSA) is 46.5 Å². The number of allylic oxidation sites excluding steroid dienone is 1. The number of hydrogen-bond acceptors (Lipinski definition) is 3. The molecule has 15 heavy (non-hydrogen) atoms. The second-order valence-electron chi connectivity index (χ2n) is 4.87. The van der Waals surface area contributed by atoms with E-state index >= 15 is 0 Å². The zero-order chi connectivity index (χ0) is 12.1. The number of Topliss-reactive ketones (excluding diaryl/α,β-unsaturated/α-hetero) is 1. The van der Waals surface area contributed by atoms with E-state index < -0.39 is 11.0 Å². The van der Waals surface area contributed by atoms with Gasteiger partial charge in [0.1, 0.15) is 5.78 Å². The van der Waals surface area contributed by atoms with Gasteiger partial charge in [-0.2, -0.15) is 0 Å². The Kier molecular flexibility index (Phi) is 5.18. The van der Waals surface area contributed by atoms with Crippen LogP contribution in [-0.2, 0) is 9.53 Å². The SMILES string of the molecule is C=CC(C)(C)C(=O)CCOC(C)(C)CO. The highest BCUT2D eigenvalue weighted by Crippen LogP contribution is 2.20. The number of carbonyl (C=O) groups is 1. The fraction of sp³-hybridized carbons (Fsp3) is 0.750. The minimum atomic E-state index is -0.571. The largest absolute Gasteiger partial charge is 0.393 e. The number of rotatable bonds is 7. The van der Waals surface area contributed by atoms with E-state index in [0.717, 1.165) is 0 Å². The first kappa shape index (κ1) is 14.3. The first-order chi connectivity index (χ1) is 6.75. The fourth-order valence-corrected chi connectivity index (χ4v) is 0.902. The first-order valence-electron chi connectivity index (χ1n) is 5.17. The molecule has 3 heteroatoms. The zero-order valence-corrected chi connectivity index (χ0v) is 10.2. The van der Waals surface area contributed by atoms with Gasteiger partial charge in [-0.1, -0.05) is 6.08 Å². The van der Waals surface area contributed by atoms with Gasteiger partial charge in [-0.3, -0.25) is 4.79 Å². The van der Waals surface area contributed by atoms with E-state index in [-0.39, 0.29) is 12.4 Å². The Morgan fingerprint density at radius 1 is 1.40 bits per heavy atom. The maximum atomic E-state index is 11.7. The highest BCUT2D eigenvalue weighted by atomic mass is 16.5. The van der Waals surface area contributed by atoms with E-state index in [1.165, 1.54) is 0 Å². The van der Waals surface area contributed by atoms with Crippen molar-refractivity contribution in [3.8, 4) is 0 Å². The van der Waals surface area contributed by atoms with Gasteiger partial charge in [-0.15, -0.1) is 6.58 Å². The van der Waals surface area contributed by atoms with Gasteiger partial charge in [0.05, 0.1) is 18.8 Å². The number of aliphatic hydroxyl groups is 1. The van der Waals surface area contributed by atoms with Crippen molar-refractivity contribution in [2.75, 3.05) is 13.2 Å². The van der Waals surface area contributed by atoms with E-state index in [1.807, 2.05) is 13.8 Å². The highest BCUT2D eigenvalue weighted by Gasteiger charge is 2.24. The number of aliphatic hydroxyl groups excluding tert-OH is 1. The van der Waals surface area contributed by atoms with Crippen LogP contribution in [0.1, 0.15) is 34.1 Å². The number of hydrogen-bond donors (Lipinski definition) is 1. The number of ether oxygens (including phenoxy) is 1. The first-order valence-corrected chi connectivity index (χ1v) is 5.17. The van der Waals surface area contributed by atoms with Gasteiger partial charge in [0, 0.05) is 11.8 Å². The van der Waals surface area contributed by atoms with Crippen molar-refractivity contribution in [3.63, 3.8) is 0 Å². The third-order valence-electron chi connectivity index (χ3n) is 2.43. The van der Waals surface area contributed by atoms with Crippen molar-refractivity contribution >= 4 is 5.78 Å². The van der Waals surface area contributed by atoms with Gasteiger partial charge in [-0.05, 0) is 27.7 Å². The van der Waals surface area contributed by atoms with Crippen molar-refractivity contribution in [1.82, 2.24) is 0 Å². The molecule has 0 atom stereocenters. The van der Waals surface area contributed by atoms with E-state index in [4.69, 9.17) is 9.84 Å². The van der Waals surface area contributed by atoms with E-state index in [0.29, 0.717) is 13.0 Å². The fourth-order valence-electron chi connectivity index (χ4n) is 0.902. The summed E-state index contributed by atoms with van der Waals surface area (Å²) in [6.07, 6.45) is 2.00. The van der Waals surface area contributed by atoms with Crippen LogP contribution in [-0.4, -0.2) is 29.7 Å². The lowest BCUT2D eigenvalue weighted by molar-refractivity contribution is -0.128. The van der Waals surface area contributed by atoms with Gasteiger partial charge in [-0.25, -0.2) is 0 Å². The highest BCUT2D eigenvalue weighted by molar-refractivity contribution is 5.85. The van der Waals surface area contributed by atoms with Crippen LogP contribution in [0.4, 0.5) is 0 Å². The molecule has 0 aromatic carbocycles. The molecule has 0 saturated carbocycles. The predicted octanol–water partition coefficient (Wildman–Crippen LogP) is 1.95. The van der Waals surface area contributed by atoms with Crippen LogP contribution in [0.2, 0.25) is 0 Å². The maximum absolute atomic E-state index is 11.7. The van der Waals surface area contributed by atoms with Crippen LogP contribution >= 0.6 is 0 Å². The van der Waals surface area contributed by atoms with Crippen molar-refractivity contribution in [2.45, 2.75) is 39.7 Å². The lowest BCUT2D eigenvalue weighted by atomic mass is 9.87. The summed E-state index contributed by atoms with van der Waals surface area (Å²) in [7, 11) is 0. The van der Waals surface area contributed by atoms with E-state index in [9.17, 15) is 4.79 Å². The normalized spacial score (nSPS) is 12.6. The van der Waals surface area contributed by atoms with Crippen LogP contribution in [0.25, 0.3) is 0 Å². The molecule has 0 fully saturated rings. The molecule has 0 amide bonds. The molecule has 3 nitrogen and oxygen atoms in total. The molecule has 0 aromatic heterocycles. The average molecular weight is 214 g/mol. The molecule has 1 N–H and O–H groups in total. The average Bonchev–Trinajstić information content (AvgIpc) is 2.17. The lowest BCUT2D eigenvalue weighted by Gasteiger charge is -2.24. The van der Waals surface area contributed by atoms with Gasteiger partial charge in [0.15, 0.2) is 0 Å². The third kappa shape index (κ3) is 5.09. The van der Waals surface area contributed by atoms with Crippen molar-refractivity contribution < 1.29 is 14.6 Å². The molecular weight excluding hydrogens is 192 g/mol. The maximum Gasteiger partial charge on any atom is 0.144 e.